The third-order valence-corrected chi connectivity index (χ3v) is 1.89. The number of primary amides is 1. The highest BCUT2D eigenvalue weighted by Crippen LogP contribution is 1.96. The van der Waals surface area contributed by atoms with E-state index in [9.17, 15) is 4.79 Å². The Balaban J connectivity index is 3.47. The number of carbonyl (C=O) groups excluding carboxylic acids is 1. The van der Waals surface area contributed by atoms with Gasteiger partial charge in [-0.2, -0.15) is 0 Å². The van der Waals surface area contributed by atoms with E-state index in [2.05, 4.69) is 22.8 Å². The van der Waals surface area contributed by atoms with Crippen LogP contribution < -0.4 is 5.73 Å². The van der Waals surface area contributed by atoms with E-state index in [-0.39, 0.29) is 0 Å². The second-order valence-electron chi connectivity index (χ2n) is 3.21. The first-order valence-electron chi connectivity index (χ1n) is 5.07. The molecule has 0 radical (unpaired) electrons. The number of hydrogen-bond donors (Lipinski definition) is 1. The second-order valence-corrected chi connectivity index (χ2v) is 3.21. The summed E-state index contributed by atoms with van der Waals surface area (Å²) in [5, 5.41) is 0. The molecule has 0 aliphatic rings. The summed E-state index contributed by atoms with van der Waals surface area (Å²) in [7, 11) is 0. The van der Waals surface area contributed by atoms with E-state index in [0.29, 0.717) is 6.61 Å². The van der Waals surface area contributed by atoms with Crippen molar-refractivity contribution in [3.05, 3.63) is 25.3 Å². The number of hydrogen-bond acceptors (Lipinski definition) is 3. The third-order valence-electron chi connectivity index (χ3n) is 1.89. The van der Waals surface area contributed by atoms with Crippen molar-refractivity contribution < 1.29 is 9.53 Å². The van der Waals surface area contributed by atoms with E-state index in [1.54, 1.807) is 0 Å². The largest absolute Gasteiger partial charge is 0.450 e. The predicted molar refractivity (Wildman–Crippen MR) is 61.6 cm³/mol. The van der Waals surface area contributed by atoms with Gasteiger partial charge in [0.15, 0.2) is 0 Å². The van der Waals surface area contributed by atoms with Gasteiger partial charge in [-0.1, -0.05) is 12.2 Å². The average molecular weight is 212 g/mol. The van der Waals surface area contributed by atoms with Crippen LogP contribution in [-0.4, -0.2) is 37.2 Å². The van der Waals surface area contributed by atoms with Gasteiger partial charge in [0.2, 0.25) is 0 Å². The van der Waals surface area contributed by atoms with E-state index in [0.717, 1.165) is 32.5 Å². The summed E-state index contributed by atoms with van der Waals surface area (Å²) in [4.78, 5) is 12.5. The molecule has 0 bridgehead atoms. The number of rotatable bonds is 9. The zero-order chi connectivity index (χ0) is 11.5. The van der Waals surface area contributed by atoms with Gasteiger partial charge in [-0.3, -0.25) is 4.90 Å². The highest BCUT2D eigenvalue weighted by atomic mass is 16.5. The Hall–Kier alpha value is -1.29. The van der Waals surface area contributed by atoms with Crippen LogP contribution in [0.15, 0.2) is 25.3 Å². The van der Waals surface area contributed by atoms with Crippen molar-refractivity contribution in [3.63, 3.8) is 0 Å². The van der Waals surface area contributed by atoms with E-state index >= 15 is 0 Å². The SMILES string of the molecule is C=CCN(CC=C)CCCCOC(N)=O. The first kappa shape index (κ1) is 13.7. The van der Waals surface area contributed by atoms with E-state index in [1.807, 2.05) is 12.2 Å². The van der Waals surface area contributed by atoms with Crippen LogP contribution in [0.1, 0.15) is 12.8 Å². The van der Waals surface area contributed by atoms with Gasteiger partial charge in [-0.15, -0.1) is 13.2 Å². The van der Waals surface area contributed by atoms with Crippen LogP contribution in [0.5, 0.6) is 0 Å². The van der Waals surface area contributed by atoms with Gasteiger partial charge in [0.1, 0.15) is 0 Å². The molecule has 0 saturated carbocycles. The fraction of sp³-hybridized carbons (Fsp3) is 0.545. The molecule has 0 aromatic rings. The summed E-state index contributed by atoms with van der Waals surface area (Å²) in [5.41, 5.74) is 4.83. The fourth-order valence-corrected chi connectivity index (χ4v) is 1.23. The van der Waals surface area contributed by atoms with Crippen molar-refractivity contribution in [1.82, 2.24) is 4.90 Å². The molecule has 0 aromatic carbocycles. The van der Waals surface area contributed by atoms with Gasteiger partial charge in [0.25, 0.3) is 0 Å². The molecular weight excluding hydrogens is 192 g/mol. The van der Waals surface area contributed by atoms with Crippen LogP contribution in [0.2, 0.25) is 0 Å². The molecule has 86 valence electrons. The number of carbonyl (C=O) groups is 1. The van der Waals surface area contributed by atoms with Crippen molar-refractivity contribution in [3.8, 4) is 0 Å². The summed E-state index contributed by atoms with van der Waals surface area (Å²) in [5.74, 6) is 0. The van der Waals surface area contributed by atoms with Crippen LogP contribution in [0.3, 0.4) is 0 Å². The van der Waals surface area contributed by atoms with Crippen LogP contribution in [-0.2, 0) is 4.74 Å². The highest BCUT2D eigenvalue weighted by Gasteiger charge is 2.00. The van der Waals surface area contributed by atoms with Crippen LogP contribution in [0, 0.1) is 0 Å². The Labute approximate surface area is 91.4 Å². The smallest absolute Gasteiger partial charge is 0.404 e. The molecule has 0 spiro atoms. The number of nitrogens with zero attached hydrogens (tertiary/aromatic N) is 1. The lowest BCUT2D eigenvalue weighted by Crippen LogP contribution is -2.25. The average Bonchev–Trinajstić information content (AvgIpc) is 2.17. The molecule has 15 heavy (non-hydrogen) atoms. The molecule has 0 aliphatic carbocycles. The van der Waals surface area contributed by atoms with Gasteiger partial charge >= 0.3 is 6.09 Å². The predicted octanol–water partition coefficient (Wildman–Crippen LogP) is 1.54. The molecule has 4 heteroatoms. The lowest BCUT2D eigenvalue weighted by molar-refractivity contribution is 0.153. The van der Waals surface area contributed by atoms with Gasteiger partial charge in [-0.05, 0) is 19.4 Å². The lowest BCUT2D eigenvalue weighted by atomic mass is 10.3. The van der Waals surface area contributed by atoms with Gasteiger partial charge < -0.3 is 10.5 Å². The number of unbranched alkanes of at least 4 members (excludes halogenated alkanes) is 1. The van der Waals surface area contributed by atoms with Crippen molar-refractivity contribution in [2.24, 2.45) is 5.73 Å². The van der Waals surface area contributed by atoms with Gasteiger partial charge in [-0.25, -0.2) is 4.79 Å². The molecular formula is C11H20N2O2. The maximum Gasteiger partial charge on any atom is 0.404 e. The highest BCUT2D eigenvalue weighted by molar-refractivity contribution is 5.64. The Kier molecular flexibility index (Phi) is 8.47. The van der Waals surface area contributed by atoms with Crippen molar-refractivity contribution >= 4 is 6.09 Å². The maximum absolute atomic E-state index is 10.3. The Bertz CT molecular complexity index is 195. The summed E-state index contributed by atoms with van der Waals surface area (Å²) >= 11 is 0. The molecule has 0 heterocycles. The molecule has 1 amide bonds. The van der Waals surface area contributed by atoms with Crippen molar-refractivity contribution in [1.29, 1.82) is 0 Å². The zero-order valence-electron chi connectivity index (χ0n) is 9.15. The molecule has 0 saturated heterocycles. The minimum absolute atomic E-state index is 0.394. The quantitative estimate of drug-likeness (QED) is 0.466. The maximum atomic E-state index is 10.3. The normalized spacial score (nSPS) is 9.93. The minimum Gasteiger partial charge on any atom is -0.450 e. The second kappa shape index (κ2) is 9.27. The summed E-state index contributed by atoms with van der Waals surface area (Å²) in [6, 6.07) is 0. The Morgan fingerprint density at radius 2 is 1.87 bits per heavy atom. The van der Waals surface area contributed by atoms with E-state index in [4.69, 9.17) is 5.73 Å². The van der Waals surface area contributed by atoms with E-state index < -0.39 is 6.09 Å². The summed E-state index contributed by atoms with van der Waals surface area (Å²) in [6.07, 6.45) is 4.82. The third kappa shape index (κ3) is 9.02. The van der Waals surface area contributed by atoms with Crippen molar-refractivity contribution in [2.45, 2.75) is 12.8 Å². The number of amides is 1. The standard InChI is InChI=1S/C11H20N2O2/c1-3-7-13(8-4-2)9-5-6-10-15-11(12)14/h3-4H,1-2,5-10H2,(H2,12,14). The molecule has 2 N–H and O–H groups in total. The van der Waals surface area contributed by atoms with Crippen molar-refractivity contribution in [2.75, 3.05) is 26.2 Å². The topological polar surface area (TPSA) is 55.6 Å². The van der Waals surface area contributed by atoms with E-state index in [1.165, 1.54) is 0 Å². The Morgan fingerprint density at radius 1 is 1.27 bits per heavy atom. The molecule has 0 fully saturated rings. The fourth-order valence-electron chi connectivity index (χ4n) is 1.23. The minimum atomic E-state index is -0.705. The molecule has 0 atom stereocenters. The first-order chi connectivity index (χ1) is 7.20. The first-order valence-corrected chi connectivity index (χ1v) is 5.07. The van der Waals surface area contributed by atoms with Crippen LogP contribution >= 0.6 is 0 Å². The molecule has 0 aromatic heterocycles. The molecule has 0 unspecified atom stereocenters. The Morgan fingerprint density at radius 3 is 2.33 bits per heavy atom. The van der Waals surface area contributed by atoms with Gasteiger partial charge in [0, 0.05) is 13.1 Å². The molecule has 4 nitrogen and oxygen atoms in total. The molecule has 0 aliphatic heterocycles. The summed E-state index contributed by atoms with van der Waals surface area (Å²) in [6.45, 7) is 10.4. The number of ether oxygens (including phenoxy) is 1. The lowest BCUT2D eigenvalue weighted by Gasteiger charge is -2.18. The number of nitrogens with two attached hydrogens (primary N) is 1. The monoisotopic (exact) mass is 212 g/mol. The summed E-state index contributed by atoms with van der Waals surface area (Å²) < 4.78 is 4.62. The van der Waals surface area contributed by atoms with Crippen LogP contribution in [0.25, 0.3) is 0 Å². The van der Waals surface area contributed by atoms with Gasteiger partial charge in [0.05, 0.1) is 6.61 Å². The zero-order valence-corrected chi connectivity index (χ0v) is 9.15. The molecule has 0 rings (SSSR count). The van der Waals surface area contributed by atoms with Crippen LogP contribution in [0.4, 0.5) is 4.79 Å².